The van der Waals surface area contributed by atoms with Crippen molar-refractivity contribution in [2.24, 2.45) is 5.41 Å². The summed E-state index contributed by atoms with van der Waals surface area (Å²) in [5, 5.41) is 26.3. The van der Waals surface area contributed by atoms with Gasteiger partial charge in [-0.3, -0.25) is 14.9 Å². The summed E-state index contributed by atoms with van der Waals surface area (Å²) in [5.41, 5.74) is -0.320. The molecule has 0 bridgehead atoms. The van der Waals surface area contributed by atoms with Gasteiger partial charge in [-0.2, -0.15) is 0 Å². The number of carbonyl (C=O) groups is 1. The number of aliphatic hydroxyl groups excluding tert-OH is 1. The van der Waals surface area contributed by atoms with Crippen LogP contribution in [0, 0.1) is 15.5 Å². The maximum Gasteiger partial charge on any atom is 0.296 e. The van der Waals surface area contributed by atoms with E-state index in [4.69, 9.17) is 4.74 Å². The summed E-state index contributed by atoms with van der Waals surface area (Å²) in [6.07, 6.45) is 2.81. The largest absolute Gasteiger partial charge is 0.496 e. The Morgan fingerprint density at radius 2 is 2.29 bits per heavy atom. The van der Waals surface area contributed by atoms with E-state index in [-0.39, 0.29) is 41.9 Å². The molecule has 0 heterocycles. The number of nitro groups is 1. The first-order valence-corrected chi connectivity index (χ1v) is 7.86. The van der Waals surface area contributed by atoms with E-state index in [9.17, 15) is 20.0 Å². The molecule has 0 spiro atoms. The number of nitrogens with zero attached hydrogens (tertiary/aromatic N) is 1. The van der Waals surface area contributed by atoms with Crippen LogP contribution in [0.3, 0.4) is 0 Å². The quantitative estimate of drug-likeness (QED) is 0.515. The number of amides is 1. The molecule has 24 heavy (non-hydrogen) atoms. The molecule has 1 amide bonds. The molecule has 0 saturated heterocycles. The summed E-state index contributed by atoms with van der Waals surface area (Å²) in [6.45, 7) is 2.09. The van der Waals surface area contributed by atoms with Gasteiger partial charge in [0.1, 0.15) is 11.4 Å². The number of methoxy groups -OCH3 is 1. The first-order valence-electron chi connectivity index (χ1n) is 7.86. The van der Waals surface area contributed by atoms with Crippen molar-refractivity contribution >= 4 is 17.3 Å². The van der Waals surface area contributed by atoms with Crippen LogP contribution < -0.4 is 15.4 Å². The van der Waals surface area contributed by atoms with E-state index in [1.807, 2.05) is 6.92 Å². The highest BCUT2D eigenvalue weighted by molar-refractivity contribution is 5.94. The number of benzene rings is 1. The van der Waals surface area contributed by atoms with Crippen LogP contribution in [-0.2, 0) is 4.79 Å². The molecule has 0 radical (unpaired) electrons. The molecular formula is C16H23N3O5. The third-order valence-corrected chi connectivity index (χ3v) is 4.63. The third kappa shape index (κ3) is 4.01. The first kappa shape index (κ1) is 18.2. The molecule has 132 valence electrons. The first-order chi connectivity index (χ1) is 11.4. The number of nitrogens with one attached hydrogen (secondary N) is 2. The molecule has 8 heteroatoms. The Morgan fingerprint density at radius 1 is 1.54 bits per heavy atom. The second-order valence-electron chi connectivity index (χ2n) is 6.33. The van der Waals surface area contributed by atoms with Gasteiger partial charge in [0.2, 0.25) is 5.91 Å². The van der Waals surface area contributed by atoms with E-state index in [1.54, 1.807) is 6.07 Å². The van der Waals surface area contributed by atoms with E-state index in [1.165, 1.54) is 19.2 Å². The number of anilines is 1. The second kappa shape index (κ2) is 7.59. The van der Waals surface area contributed by atoms with Crippen LogP contribution in [0.1, 0.15) is 26.2 Å². The van der Waals surface area contributed by atoms with E-state index in [0.717, 1.165) is 19.3 Å². The molecule has 8 nitrogen and oxygen atoms in total. The molecule has 1 aromatic rings. The molecule has 1 saturated carbocycles. The van der Waals surface area contributed by atoms with Crippen LogP contribution in [0.2, 0.25) is 0 Å². The SMILES string of the molecule is COc1ccc(NC(=O)CN[C@H]2CCC[C@]2(C)CO)c([N+](=O)[O-])c1. The van der Waals surface area contributed by atoms with E-state index in [2.05, 4.69) is 10.6 Å². The van der Waals surface area contributed by atoms with Crippen LogP contribution >= 0.6 is 0 Å². The lowest BCUT2D eigenvalue weighted by atomic mass is 9.86. The van der Waals surface area contributed by atoms with Crippen molar-refractivity contribution in [1.29, 1.82) is 0 Å². The Kier molecular flexibility index (Phi) is 5.74. The molecule has 1 fully saturated rings. The minimum absolute atomic E-state index is 0.0312. The number of carbonyl (C=O) groups excluding carboxylic acids is 1. The lowest BCUT2D eigenvalue weighted by Gasteiger charge is -2.30. The fourth-order valence-corrected chi connectivity index (χ4v) is 3.08. The standard InChI is InChI=1S/C16H23N3O5/c1-16(10-20)7-3-4-14(16)17-9-15(21)18-12-6-5-11(24-2)8-13(12)19(22)23/h5-6,8,14,17,20H,3-4,7,9-10H2,1-2H3,(H,18,21)/t14-,16+/m0/s1. The molecule has 2 rings (SSSR count). The topological polar surface area (TPSA) is 114 Å². The molecule has 2 atom stereocenters. The Hall–Kier alpha value is -2.19. The van der Waals surface area contributed by atoms with Crippen LogP contribution in [0.25, 0.3) is 0 Å². The van der Waals surface area contributed by atoms with Crippen molar-refractivity contribution in [1.82, 2.24) is 5.32 Å². The lowest BCUT2D eigenvalue weighted by molar-refractivity contribution is -0.384. The van der Waals surface area contributed by atoms with E-state index >= 15 is 0 Å². The van der Waals surface area contributed by atoms with Crippen LogP contribution in [0.4, 0.5) is 11.4 Å². The Morgan fingerprint density at radius 3 is 2.92 bits per heavy atom. The zero-order valence-electron chi connectivity index (χ0n) is 13.9. The van der Waals surface area contributed by atoms with Gasteiger partial charge in [0, 0.05) is 18.1 Å². The van der Waals surface area contributed by atoms with Gasteiger partial charge >= 0.3 is 0 Å². The number of hydrogen-bond donors (Lipinski definition) is 3. The zero-order valence-corrected chi connectivity index (χ0v) is 13.9. The lowest BCUT2D eigenvalue weighted by Crippen LogP contribution is -2.44. The summed E-state index contributed by atoms with van der Waals surface area (Å²) in [7, 11) is 1.42. The van der Waals surface area contributed by atoms with Crippen molar-refractivity contribution in [3.05, 3.63) is 28.3 Å². The van der Waals surface area contributed by atoms with Crippen LogP contribution in [0.15, 0.2) is 18.2 Å². The molecule has 1 aromatic carbocycles. The fourth-order valence-electron chi connectivity index (χ4n) is 3.08. The molecule has 1 aliphatic carbocycles. The normalized spacial score (nSPS) is 23.0. The number of ether oxygens (including phenoxy) is 1. The minimum Gasteiger partial charge on any atom is -0.496 e. The highest BCUT2D eigenvalue weighted by Gasteiger charge is 2.38. The van der Waals surface area contributed by atoms with Crippen molar-refractivity contribution in [2.75, 3.05) is 25.6 Å². The molecule has 3 N–H and O–H groups in total. The Bertz CT molecular complexity index is 622. The zero-order chi connectivity index (χ0) is 17.7. The maximum atomic E-state index is 12.1. The van der Waals surface area contributed by atoms with Crippen molar-refractivity contribution < 1.29 is 19.6 Å². The monoisotopic (exact) mass is 337 g/mol. The number of nitro benzene ring substituents is 1. The number of hydrogen-bond acceptors (Lipinski definition) is 6. The number of aliphatic hydroxyl groups is 1. The maximum absolute atomic E-state index is 12.1. The highest BCUT2D eigenvalue weighted by Crippen LogP contribution is 2.37. The van der Waals surface area contributed by atoms with Crippen molar-refractivity contribution in [2.45, 2.75) is 32.2 Å². The Labute approximate surface area is 140 Å². The van der Waals surface area contributed by atoms with Gasteiger partial charge in [0.15, 0.2) is 0 Å². The summed E-state index contributed by atoms with van der Waals surface area (Å²) in [4.78, 5) is 22.7. The van der Waals surface area contributed by atoms with Crippen LogP contribution in [0.5, 0.6) is 5.75 Å². The third-order valence-electron chi connectivity index (χ3n) is 4.63. The van der Waals surface area contributed by atoms with Gasteiger partial charge in [-0.15, -0.1) is 0 Å². The van der Waals surface area contributed by atoms with Gasteiger partial charge in [0.05, 0.1) is 24.6 Å². The second-order valence-corrected chi connectivity index (χ2v) is 6.33. The Balaban J connectivity index is 1.99. The molecule has 1 aliphatic rings. The van der Waals surface area contributed by atoms with Gasteiger partial charge < -0.3 is 20.5 Å². The summed E-state index contributed by atoms with van der Waals surface area (Å²) < 4.78 is 4.96. The number of rotatable bonds is 7. The smallest absolute Gasteiger partial charge is 0.296 e. The van der Waals surface area contributed by atoms with E-state index in [0.29, 0.717) is 5.75 Å². The highest BCUT2D eigenvalue weighted by atomic mass is 16.6. The van der Waals surface area contributed by atoms with Crippen molar-refractivity contribution in [3.63, 3.8) is 0 Å². The van der Waals surface area contributed by atoms with Gasteiger partial charge in [-0.1, -0.05) is 13.3 Å². The molecular weight excluding hydrogens is 314 g/mol. The summed E-state index contributed by atoms with van der Waals surface area (Å²) in [6, 6.07) is 4.32. The van der Waals surface area contributed by atoms with Crippen LogP contribution in [-0.4, -0.2) is 42.2 Å². The summed E-state index contributed by atoms with van der Waals surface area (Å²) in [5.74, 6) is -0.0158. The fraction of sp³-hybridized carbons (Fsp3) is 0.562. The van der Waals surface area contributed by atoms with Gasteiger partial charge in [0.25, 0.3) is 5.69 Å². The minimum atomic E-state index is -0.564. The predicted molar refractivity (Wildman–Crippen MR) is 89.1 cm³/mol. The molecule has 0 unspecified atom stereocenters. The molecule has 0 aromatic heterocycles. The summed E-state index contributed by atoms with van der Waals surface area (Å²) >= 11 is 0. The van der Waals surface area contributed by atoms with Gasteiger partial charge in [-0.05, 0) is 25.0 Å². The average Bonchev–Trinajstić information content (AvgIpc) is 2.94. The predicted octanol–water partition coefficient (Wildman–Crippen LogP) is 1.68. The van der Waals surface area contributed by atoms with Crippen molar-refractivity contribution in [3.8, 4) is 5.75 Å². The van der Waals surface area contributed by atoms with E-state index < -0.39 is 4.92 Å². The molecule has 0 aliphatic heterocycles. The average molecular weight is 337 g/mol. The van der Waals surface area contributed by atoms with Gasteiger partial charge in [-0.25, -0.2) is 0 Å².